The van der Waals surface area contributed by atoms with Crippen LogP contribution in [0.5, 0.6) is 0 Å². The topological polar surface area (TPSA) is 37.0 Å². The summed E-state index contributed by atoms with van der Waals surface area (Å²) < 4.78 is 5.61. The SMILES string of the molecule is c1cc2cc(CNCCC3CCCO3)ccc2[nH]1. The van der Waals surface area contributed by atoms with Gasteiger partial charge in [0, 0.05) is 24.9 Å². The van der Waals surface area contributed by atoms with E-state index in [-0.39, 0.29) is 0 Å². The third kappa shape index (κ3) is 2.74. The van der Waals surface area contributed by atoms with Crippen molar-refractivity contribution in [1.29, 1.82) is 0 Å². The summed E-state index contributed by atoms with van der Waals surface area (Å²) in [6, 6.07) is 8.68. The molecular formula is C15H20N2O. The van der Waals surface area contributed by atoms with E-state index in [1.165, 1.54) is 29.3 Å². The molecule has 2 aromatic rings. The molecule has 2 N–H and O–H groups in total. The zero-order chi connectivity index (χ0) is 12.2. The van der Waals surface area contributed by atoms with Crippen molar-refractivity contribution in [1.82, 2.24) is 10.3 Å². The molecule has 1 atom stereocenters. The number of aromatic nitrogens is 1. The monoisotopic (exact) mass is 244 g/mol. The quantitative estimate of drug-likeness (QED) is 0.794. The molecule has 0 spiro atoms. The highest BCUT2D eigenvalue weighted by atomic mass is 16.5. The van der Waals surface area contributed by atoms with Crippen LogP contribution >= 0.6 is 0 Å². The predicted molar refractivity (Wildman–Crippen MR) is 73.6 cm³/mol. The molecule has 1 fully saturated rings. The van der Waals surface area contributed by atoms with Crippen molar-refractivity contribution in [3.05, 3.63) is 36.0 Å². The molecule has 2 heterocycles. The van der Waals surface area contributed by atoms with Crippen molar-refractivity contribution in [3.8, 4) is 0 Å². The molecule has 1 aromatic carbocycles. The van der Waals surface area contributed by atoms with Crippen LogP contribution in [0.4, 0.5) is 0 Å². The van der Waals surface area contributed by atoms with Crippen LogP contribution in [-0.4, -0.2) is 24.2 Å². The van der Waals surface area contributed by atoms with Gasteiger partial charge in [0.25, 0.3) is 0 Å². The second-order valence-electron chi connectivity index (χ2n) is 5.00. The minimum absolute atomic E-state index is 0.490. The van der Waals surface area contributed by atoms with Gasteiger partial charge in [0.15, 0.2) is 0 Å². The number of hydrogen-bond acceptors (Lipinski definition) is 2. The largest absolute Gasteiger partial charge is 0.378 e. The van der Waals surface area contributed by atoms with Crippen LogP contribution in [0.15, 0.2) is 30.5 Å². The number of nitrogens with one attached hydrogen (secondary N) is 2. The maximum Gasteiger partial charge on any atom is 0.0588 e. The minimum atomic E-state index is 0.490. The van der Waals surface area contributed by atoms with Crippen LogP contribution in [-0.2, 0) is 11.3 Å². The molecule has 1 unspecified atom stereocenters. The van der Waals surface area contributed by atoms with Crippen molar-refractivity contribution < 1.29 is 4.74 Å². The predicted octanol–water partition coefficient (Wildman–Crippen LogP) is 2.83. The molecule has 1 aliphatic heterocycles. The molecule has 18 heavy (non-hydrogen) atoms. The van der Waals surface area contributed by atoms with Gasteiger partial charge in [-0.3, -0.25) is 0 Å². The normalized spacial score (nSPS) is 19.7. The first-order valence-electron chi connectivity index (χ1n) is 6.80. The van der Waals surface area contributed by atoms with Crippen molar-refractivity contribution >= 4 is 10.9 Å². The third-order valence-electron chi connectivity index (χ3n) is 3.61. The lowest BCUT2D eigenvalue weighted by molar-refractivity contribution is 0.104. The highest BCUT2D eigenvalue weighted by Crippen LogP contribution is 2.15. The number of rotatable bonds is 5. The van der Waals surface area contributed by atoms with Crippen LogP contribution in [0, 0.1) is 0 Å². The summed E-state index contributed by atoms with van der Waals surface area (Å²) >= 11 is 0. The van der Waals surface area contributed by atoms with E-state index in [2.05, 4.69) is 34.6 Å². The average Bonchev–Trinajstić information content (AvgIpc) is 3.05. The van der Waals surface area contributed by atoms with Gasteiger partial charge in [0.2, 0.25) is 0 Å². The van der Waals surface area contributed by atoms with E-state index in [0.717, 1.165) is 26.1 Å². The van der Waals surface area contributed by atoms with Gasteiger partial charge in [-0.15, -0.1) is 0 Å². The molecule has 0 saturated carbocycles. The van der Waals surface area contributed by atoms with Gasteiger partial charge < -0.3 is 15.0 Å². The first kappa shape index (κ1) is 11.8. The Bertz CT molecular complexity index is 500. The fourth-order valence-corrected chi connectivity index (χ4v) is 2.58. The van der Waals surface area contributed by atoms with Crippen molar-refractivity contribution in [2.24, 2.45) is 0 Å². The Hall–Kier alpha value is -1.32. The molecule has 0 aliphatic carbocycles. The van der Waals surface area contributed by atoms with E-state index < -0.39 is 0 Å². The molecule has 0 radical (unpaired) electrons. The highest BCUT2D eigenvalue weighted by molar-refractivity contribution is 5.79. The third-order valence-corrected chi connectivity index (χ3v) is 3.61. The fourth-order valence-electron chi connectivity index (χ4n) is 2.58. The number of ether oxygens (including phenoxy) is 1. The fraction of sp³-hybridized carbons (Fsp3) is 0.467. The summed E-state index contributed by atoms with van der Waals surface area (Å²) in [4.78, 5) is 3.21. The number of aromatic amines is 1. The molecule has 0 bridgehead atoms. The Morgan fingerprint density at radius 2 is 2.33 bits per heavy atom. The highest BCUT2D eigenvalue weighted by Gasteiger charge is 2.14. The molecule has 0 amide bonds. The Morgan fingerprint density at radius 1 is 1.33 bits per heavy atom. The first-order valence-corrected chi connectivity index (χ1v) is 6.80. The first-order chi connectivity index (χ1) is 8.92. The molecule has 1 saturated heterocycles. The zero-order valence-corrected chi connectivity index (χ0v) is 10.6. The van der Waals surface area contributed by atoms with E-state index in [1.807, 2.05) is 6.20 Å². The summed E-state index contributed by atoms with van der Waals surface area (Å²) in [5.74, 6) is 0. The van der Waals surface area contributed by atoms with Crippen LogP contribution in [0.25, 0.3) is 10.9 Å². The lowest BCUT2D eigenvalue weighted by atomic mass is 10.1. The summed E-state index contributed by atoms with van der Waals surface area (Å²) in [5, 5.41) is 4.78. The second kappa shape index (κ2) is 5.55. The van der Waals surface area contributed by atoms with Gasteiger partial charge in [-0.05, 0) is 55.0 Å². The number of fused-ring (bicyclic) bond motifs is 1. The van der Waals surface area contributed by atoms with Crippen molar-refractivity contribution in [2.75, 3.05) is 13.2 Å². The molecule has 1 aliphatic rings. The standard InChI is InChI=1S/C15H20N2O/c1-2-14(18-9-1)6-7-16-11-12-3-4-15-13(10-12)5-8-17-15/h3-5,8,10,14,16-17H,1-2,6-7,9,11H2. The summed E-state index contributed by atoms with van der Waals surface area (Å²) in [6.07, 6.45) is 6.07. The smallest absolute Gasteiger partial charge is 0.0588 e. The Morgan fingerprint density at radius 3 is 3.22 bits per heavy atom. The number of H-pyrrole nitrogens is 1. The van der Waals surface area contributed by atoms with E-state index >= 15 is 0 Å². The van der Waals surface area contributed by atoms with Gasteiger partial charge in [0.05, 0.1) is 6.10 Å². The van der Waals surface area contributed by atoms with Crippen LogP contribution in [0.2, 0.25) is 0 Å². The van der Waals surface area contributed by atoms with E-state index in [4.69, 9.17) is 4.74 Å². The molecule has 3 rings (SSSR count). The van der Waals surface area contributed by atoms with Gasteiger partial charge in [-0.1, -0.05) is 6.07 Å². The Balaban J connectivity index is 1.47. The molecular weight excluding hydrogens is 224 g/mol. The number of hydrogen-bond donors (Lipinski definition) is 2. The molecule has 1 aromatic heterocycles. The maximum atomic E-state index is 5.61. The molecule has 96 valence electrons. The van der Waals surface area contributed by atoms with Gasteiger partial charge >= 0.3 is 0 Å². The summed E-state index contributed by atoms with van der Waals surface area (Å²) in [6.45, 7) is 2.93. The van der Waals surface area contributed by atoms with Crippen LogP contribution in [0.3, 0.4) is 0 Å². The van der Waals surface area contributed by atoms with Crippen molar-refractivity contribution in [3.63, 3.8) is 0 Å². The zero-order valence-electron chi connectivity index (χ0n) is 10.6. The second-order valence-corrected chi connectivity index (χ2v) is 5.00. The minimum Gasteiger partial charge on any atom is -0.378 e. The number of benzene rings is 1. The van der Waals surface area contributed by atoms with Gasteiger partial charge in [-0.25, -0.2) is 0 Å². The van der Waals surface area contributed by atoms with E-state index in [9.17, 15) is 0 Å². The lowest BCUT2D eigenvalue weighted by Crippen LogP contribution is -2.19. The summed E-state index contributed by atoms with van der Waals surface area (Å²) in [5.41, 5.74) is 2.55. The van der Waals surface area contributed by atoms with Crippen LogP contribution < -0.4 is 5.32 Å². The summed E-state index contributed by atoms with van der Waals surface area (Å²) in [7, 11) is 0. The van der Waals surface area contributed by atoms with E-state index in [1.54, 1.807) is 0 Å². The average molecular weight is 244 g/mol. The van der Waals surface area contributed by atoms with Crippen molar-refractivity contribution in [2.45, 2.75) is 31.9 Å². The van der Waals surface area contributed by atoms with Gasteiger partial charge in [0.1, 0.15) is 0 Å². The molecule has 3 nitrogen and oxygen atoms in total. The lowest BCUT2D eigenvalue weighted by Gasteiger charge is -2.10. The van der Waals surface area contributed by atoms with E-state index in [0.29, 0.717) is 6.10 Å². The molecule has 3 heteroatoms. The van der Waals surface area contributed by atoms with Crippen LogP contribution in [0.1, 0.15) is 24.8 Å². The Kier molecular flexibility index (Phi) is 3.62. The maximum absolute atomic E-state index is 5.61. The van der Waals surface area contributed by atoms with Gasteiger partial charge in [-0.2, -0.15) is 0 Å². The Labute approximate surface area is 108 Å².